The van der Waals surface area contributed by atoms with Gasteiger partial charge in [0.15, 0.2) is 0 Å². The molecular weight excluding hydrogens is 434 g/mol. The van der Waals surface area contributed by atoms with Crippen LogP contribution in [0.3, 0.4) is 0 Å². The second kappa shape index (κ2) is 10.9. The lowest BCUT2D eigenvalue weighted by atomic mass is 10.2. The Bertz CT molecular complexity index is 1090. The summed E-state index contributed by atoms with van der Waals surface area (Å²) in [7, 11) is 1.30. The van der Waals surface area contributed by atoms with Crippen molar-refractivity contribution >= 4 is 27.5 Å². The van der Waals surface area contributed by atoms with Crippen LogP contribution >= 0.6 is 11.3 Å². The summed E-state index contributed by atoms with van der Waals surface area (Å²) in [5.74, 6) is 1.05. The molecule has 0 radical (unpaired) electrons. The molecule has 3 aromatic rings. The van der Waals surface area contributed by atoms with Gasteiger partial charge in [-0.1, -0.05) is 13.8 Å². The van der Waals surface area contributed by atoms with Crippen molar-refractivity contribution in [1.82, 2.24) is 14.9 Å². The van der Waals surface area contributed by atoms with Crippen molar-refractivity contribution in [2.24, 2.45) is 5.92 Å². The van der Waals surface area contributed by atoms with Crippen molar-refractivity contribution in [3.05, 3.63) is 50.8 Å². The summed E-state index contributed by atoms with van der Waals surface area (Å²) in [5, 5.41) is 10.8. The number of aryl methyl sites for hydroxylation is 1. The van der Waals surface area contributed by atoms with Crippen LogP contribution in [0.25, 0.3) is 10.2 Å². The number of aromatic amines is 1. The van der Waals surface area contributed by atoms with Crippen LogP contribution in [0.4, 0.5) is 0 Å². The number of hydrogen-bond acceptors (Lipinski definition) is 9. The van der Waals surface area contributed by atoms with Crippen LogP contribution in [0, 0.1) is 12.8 Å². The number of ether oxygens (including phenoxy) is 2. The fourth-order valence-corrected chi connectivity index (χ4v) is 4.48. The number of nitrogens with zero attached hydrogens (tertiary/aromatic N) is 2. The molecule has 174 valence electrons. The molecule has 0 saturated heterocycles. The van der Waals surface area contributed by atoms with Gasteiger partial charge in [0.2, 0.25) is 0 Å². The number of methoxy groups -OCH3 is 1. The van der Waals surface area contributed by atoms with Gasteiger partial charge in [-0.05, 0) is 30.5 Å². The number of rotatable bonds is 11. The van der Waals surface area contributed by atoms with Gasteiger partial charge in [-0.3, -0.25) is 9.69 Å². The van der Waals surface area contributed by atoms with Crippen LogP contribution in [-0.4, -0.2) is 58.9 Å². The summed E-state index contributed by atoms with van der Waals surface area (Å²) in [6, 6.07) is 3.64. The van der Waals surface area contributed by atoms with Gasteiger partial charge in [0.25, 0.3) is 5.56 Å². The molecule has 1 atom stereocenters. The summed E-state index contributed by atoms with van der Waals surface area (Å²) in [6.45, 7) is 7.58. The Morgan fingerprint density at radius 3 is 2.78 bits per heavy atom. The predicted molar refractivity (Wildman–Crippen MR) is 121 cm³/mol. The first-order chi connectivity index (χ1) is 15.3. The first-order valence-electron chi connectivity index (χ1n) is 10.4. The Morgan fingerprint density at radius 2 is 2.12 bits per heavy atom. The van der Waals surface area contributed by atoms with Gasteiger partial charge in [0.1, 0.15) is 21.3 Å². The Labute approximate surface area is 190 Å². The van der Waals surface area contributed by atoms with Crippen molar-refractivity contribution < 1.29 is 23.8 Å². The van der Waals surface area contributed by atoms with Gasteiger partial charge in [-0.25, -0.2) is 9.78 Å². The van der Waals surface area contributed by atoms with Gasteiger partial charge in [-0.15, -0.1) is 11.3 Å². The molecule has 0 fully saturated rings. The maximum absolute atomic E-state index is 12.7. The fraction of sp³-hybridized carbons (Fsp3) is 0.500. The van der Waals surface area contributed by atoms with Crippen LogP contribution in [0.5, 0.6) is 0 Å². The van der Waals surface area contributed by atoms with E-state index in [0.717, 1.165) is 17.1 Å². The van der Waals surface area contributed by atoms with Crippen molar-refractivity contribution in [2.75, 3.05) is 26.9 Å². The van der Waals surface area contributed by atoms with E-state index in [9.17, 15) is 14.7 Å². The van der Waals surface area contributed by atoms with Crippen molar-refractivity contribution in [3.8, 4) is 0 Å². The number of nitrogens with one attached hydrogen (secondary N) is 1. The number of aliphatic hydroxyl groups excluding tert-OH is 1. The lowest BCUT2D eigenvalue weighted by Gasteiger charge is -2.24. The highest BCUT2D eigenvalue weighted by molar-refractivity contribution is 7.20. The van der Waals surface area contributed by atoms with Gasteiger partial charge >= 0.3 is 5.97 Å². The zero-order chi connectivity index (χ0) is 23.3. The first kappa shape index (κ1) is 24.1. The second-order valence-corrected chi connectivity index (χ2v) is 9.07. The molecule has 32 heavy (non-hydrogen) atoms. The lowest BCUT2D eigenvalue weighted by Crippen LogP contribution is -2.35. The largest absolute Gasteiger partial charge is 0.468 e. The van der Waals surface area contributed by atoms with Crippen molar-refractivity contribution in [2.45, 2.75) is 40.0 Å². The van der Waals surface area contributed by atoms with Crippen molar-refractivity contribution in [1.29, 1.82) is 0 Å². The minimum Gasteiger partial charge on any atom is -0.468 e. The molecule has 1 unspecified atom stereocenters. The normalized spacial score (nSPS) is 12.7. The minimum atomic E-state index is -0.714. The molecule has 9 nitrogen and oxygen atoms in total. The Morgan fingerprint density at radius 1 is 1.34 bits per heavy atom. The number of carbonyl (C=O) groups excluding carboxylic acids is 1. The number of H-pyrrole nitrogens is 1. The van der Waals surface area contributed by atoms with E-state index in [4.69, 9.17) is 13.9 Å². The Hall–Kier alpha value is -2.53. The minimum absolute atomic E-state index is 0.211. The average molecular weight is 464 g/mol. The van der Waals surface area contributed by atoms with Gasteiger partial charge in [0.05, 0.1) is 44.6 Å². The predicted octanol–water partition coefficient (Wildman–Crippen LogP) is 2.71. The smallest absolute Gasteiger partial charge is 0.348 e. The molecular formula is C22H29N3O6S. The average Bonchev–Trinajstić information content (AvgIpc) is 3.35. The molecule has 0 aromatic carbocycles. The third-order valence-corrected chi connectivity index (χ3v) is 5.95. The van der Waals surface area contributed by atoms with E-state index in [2.05, 4.69) is 9.97 Å². The number of thiophene rings is 1. The standard InChI is InChI=1S/C22H29N3O6S/c1-13(2)11-30-12-15(26)8-25(9-16-6-5-7-31-16)10-17-23-20(27)18-14(3)19(22(28)29-4)32-21(18)24-17/h5-7,13,15,26H,8-12H2,1-4H3,(H,23,24,27). The molecule has 0 aliphatic heterocycles. The molecule has 0 amide bonds. The van der Waals surface area contributed by atoms with Crippen LogP contribution < -0.4 is 5.56 Å². The first-order valence-corrected chi connectivity index (χ1v) is 11.2. The fourth-order valence-electron chi connectivity index (χ4n) is 3.36. The molecule has 10 heteroatoms. The number of hydrogen-bond donors (Lipinski definition) is 2. The van der Waals surface area contributed by atoms with E-state index >= 15 is 0 Å². The lowest BCUT2D eigenvalue weighted by molar-refractivity contribution is 0.00421. The van der Waals surface area contributed by atoms with Crippen LogP contribution in [0.1, 0.15) is 40.7 Å². The molecule has 2 N–H and O–H groups in total. The van der Waals surface area contributed by atoms with E-state index < -0.39 is 12.1 Å². The highest BCUT2D eigenvalue weighted by atomic mass is 32.1. The van der Waals surface area contributed by atoms with Crippen LogP contribution in [0.15, 0.2) is 27.6 Å². The van der Waals surface area contributed by atoms with Gasteiger partial charge in [-0.2, -0.15) is 0 Å². The SMILES string of the molecule is COC(=O)c1sc2nc(CN(Cc3ccco3)CC(O)COCC(C)C)[nH]c(=O)c2c1C. The second-order valence-electron chi connectivity index (χ2n) is 8.07. The van der Waals surface area contributed by atoms with Crippen LogP contribution in [-0.2, 0) is 22.6 Å². The van der Waals surface area contributed by atoms with E-state index in [1.807, 2.05) is 24.8 Å². The summed E-state index contributed by atoms with van der Waals surface area (Å²) in [6.07, 6.45) is 0.874. The third kappa shape index (κ3) is 6.04. The highest BCUT2D eigenvalue weighted by Gasteiger charge is 2.21. The zero-order valence-electron chi connectivity index (χ0n) is 18.7. The van der Waals surface area contributed by atoms with E-state index in [1.165, 1.54) is 7.11 Å². The number of esters is 1. The molecule has 0 spiro atoms. The summed E-state index contributed by atoms with van der Waals surface area (Å²) in [4.78, 5) is 34.9. The van der Waals surface area contributed by atoms with Gasteiger partial charge < -0.3 is 24.0 Å². The zero-order valence-corrected chi connectivity index (χ0v) is 19.5. The number of aliphatic hydroxyl groups is 1. The topological polar surface area (TPSA) is 118 Å². The molecule has 0 aliphatic carbocycles. The third-order valence-electron chi connectivity index (χ3n) is 4.78. The highest BCUT2D eigenvalue weighted by Crippen LogP contribution is 2.27. The number of carbonyl (C=O) groups is 1. The molecule has 3 aromatic heterocycles. The van der Waals surface area contributed by atoms with E-state index in [-0.39, 0.29) is 18.7 Å². The Kier molecular flexibility index (Phi) is 8.19. The monoisotopic (exact) mass is 463 g/mol. The molecule has 0 saturated carbocycles. The van der Waals surface area contributed by atoms with Gasteiger partial charge in [0, 0.05) is 13.2 Å². The molecule has 0 bridgehead atoms. The van der Waals surface area contributed by atoms with E-state index in [0.29, 0.717) is 52.1 Å². The van der Waals surface area contributed by atoms with Crippen LogP contribution in [0.2, 0.25) is 0 Å². The summed E-state index contributed by atoms with van der Waals surface area (Å²) >= 11 is 1.13. The van der Waals surface area contributed by atoms with E-state index in [1.54, 1.807) is 19.3 Å². The molecule has 0 aliphatic rings. The maximum atomic E-state index is 12.7. The van der Waals surface area contributed by atoms with Crippen molar-refractivity contribution in [3.63, 3.8) is 0 Å². The maximum Gasteiger partial charge on any atom is 0.348 e. The number of aromatic nitrogens is 2. The Balaban J connectivity index is 1.81. The number of furan rings is 1. The quantitative estimate of drug-likeness (QED) is 0.417. The molecule has 3 rings (SSSR count). The summed E-state index contributed by atoms with van der Waals surface area (Å²) in [5.41, 5.74) is 0.245. The molecule has 3 heterocycles. The number of fused-ring (bicyclic) bond motifs is 1. The summed E-state index contributed by atoms with van der Waals surface area (Å²) < 4.78 is 15.8.